The molecule has 3 aromatic rings. The van der Waals surface area contributed by atoms with E-state index in [0.717, 1.165) is 23.1 Å². The normalized spacial score (nSPS) is 11.2. The molecule has 1 heterocycles. The standard InChI is InChI=1S/C24H27FN4O/c1-24(2,3)18-5-4-6-19(15-18)28-23(30)29-21-10-9-16(13-20(21)25)7-8-17-11-12-27-22(26)14-17/h4-6,9-15H,7-8H2,1-3H3,(H2,26,27)(H2,28,29,30). The smallest absolute Gasteiger partial charge is 0.323 e. The highest BCUT2D eigenvalue weighted by Crippen LogP contribution is 2.25. The van der Waals surface area contributed by atoms with Crippen molar-refractivity contribution in [3.05, 3.63) is 83.3 Å². The summed E-state index contributed by atoms with van der Waals surface area (Å²) in [6.45, 7) is 6.31. The number of hydrogen-bond acceptors (Lipinski definition) is 3. The van der Waals surface area contributed by atoms with E-state index in [2.05, 4.69) is 36.4 Å². The van der Waals surface area contributed by atoms with Crippen molar-refractivity contribution < 1.29 is 9.18 Å². The van der Waals surface area contributed by atoms with Crippen LogP contribution in [-0.4, -0.2) is 11.0 Å². The van der Waals surface area contributed by atoms with Crippen LogP contribution in [0.4, 0.5) is 26.4 Å². The SMILES string of the molecule is CC(C)(C)c1cccc(NC(=O)Nc2ccc(CCc3ccnc(N)c3)cc2F)c1. The number of carbonyl (C=O) groups excluding carboxylic acids is 1. The summed E-state index contributed by atoms with van der Waals surface area (Å²) in [5.74, 6) is -0.00221. The van der Waals surface area contributed by atoms with Gasteiger partial charge >= 0.3 is 6.03 Å². The van der Waals surface area contributed by atoms with E-state index in [1.54, 1.807) is 18.3 Å². The zero-order chi connectivity index (χ0) is 21.7. The number of nitrogens with zero attached hydrogens (tertiary/aromatic N) is 1. The maximum Gasteiger partial charge on any atom is 0.323 e. The zero-order valence-corrected chi connectivity index (χ0v) is 17.5. The molecule has 0 aliphatic rings. The third-order valence-electron chi connectivity index (χ3n) is 4.82. The predicted molar refractivity (Wildman–Crippen MR) is 120 cm³/mol. The second-order valence-corrected chi connectivity index (χ2v) is 8.31. The molecule has 0 bridgehead atoms. The molecule has 0 radical (unpaired) electrons. The van der Waals surface area contributed by atoms with Crippen LogP contribution in [0.2, 0.25) is 0 Å². The number of aryl methyl sites for hydroxylation is 2. The Balaban J connectivity index is 1.61. The number of aromatic nitrogens is 1. The molecule has 0 aliphatic heterocycles. The van der Waals surface area contributed by atoms with Gasteiger partial charge in [-0.3, -0.25) is 0 Å². The summed E-state index contributed by atoms with van der Waals surface area (Å²) >= 11 is 0. The molecule has 0 atom stereocenters. The Morgan fingerprint density at radius 3 is 2.40 bits per heavy atom. The molecule has 3 rings (SSSR count). The van der Waals surface area contributed by atoms with Gasteiger partial charge in [0.25, 0.3) is 0 Å². The van der Waals surface area contributed by atoms with Gasteiger partial charge in [0.2, 0.25) is 0 Å². The minimum Gasteiger partial charge on any atom is -0.384 e. The van der Waals surface area contributed by atoms with Crippen LogP contribution in [-0.2, 0) is 18.3 Å². The number of nitrogens with one attached hydrogen (secondary N) is 2. The van der Waals surface area contributed by atoms with E-state index in [1.807, 2.05) is 36.4 Å². The van der Waals surface area contributed by atoms with Gasteiger partial charge in [-0.25, -0.2) is 14.2 Å². The fourth-order valence-electron chi connectivity index (χ4n) is 3.10. The van der Waals surface area contributed by atoms with Gasteiger partial charge in [0.1, 0.15) is 11.6 Å². The fourth-order valence-corrected chi connectivity index (χ4v) is 3.10. The number of benzene rings is 2. The topological polar surface area (TPSA) is 80.0 Å². The van der Waals surface area contributed by atoms with Crippen LogP contribution in [0.25, 0.3) is 0 Å². The Kier molecular flexibility index (Phi) is 6.35. The van der Waals surface area contributed by atoms with Gasteiger partial charge in [-0.15, -0.1) is 0 Å². The molecule has 156 valence electrons. The highest BCUT2D eigenvalue weighted by molar-refractivity contribution is 5.99. The third-order valence-corrected chi connectivity index (χ3v) is 4.82. The lowest BCUT2D eigenvalue weighted by Crippen LogP contribution is -2.20. The van der Waals surface area contributed by atoms with Gasteiger partial charge in [-0.05, 0) is 71.3 Å². The Labute approximate surface area is 176 Å². The number of rotatable bonds is 5. The predicted octanol–water partition coefficient (Wildman–Crippen LogP) is 5.53. The number of nitrogen functional groups attached to an aromatic ring is 1. The molecule has 2 aromatic carbocycles. The summed E-state index contributed by atoms with van der Waals surface area (Å²) < 4.78 is 14.5. The molecule has 0 unspecified atom stereocenters. The van der Waals surface area contributed by atoms with Crippen LogP contribution in [0.3, 0.4) is 0 Å². The lowest BCUT2D eigenvalue weighted by molar-refractivity contribution is 0.262. The van der Waals surface area contributed by atoms with E-state index < -0.39 is 11.8 Å². The number of anilines is 3. The van der Waals surface area contributed by atoms with E-state index in [-0.39, 0.29) is 11.1 Å². The molecular weight excluding hydrogens is 379 g/mol. The minimum atomic E-state index is -0.486. The second-order valence-electron chi connectivity index (χ2n) is 8.31. The maximum absolute atomic E-state index is 14.5. The molecule has 0 saturated heterocycles. The van der Waals surface area contributed by atoms with E-state index in [1.165, 1.54) is 6.07 Å². The fraction of sp³-hybridized carbons (Fsp3) is 0.250. The molecular formula is C24H27FN4O. The average molecular weight is 407 g/mol. The summed E-state index contributed by atoms with van der Waals surface area (Å²) in [5, 5.41) is 5.34. The first-order valence-electron chi connectivity index (χ1n) is 9.88. The van der Waals surface area contributed by atoms with Gasteiger partial charge in [-0.1, -0.05) is 39.0 Å². The van der Waals surface area contributed by atoms with E-state index in [0.29, 0.717) is 17.9 Å². The lowest BCUT2D eigenvalue weighted by Gasteiger charge is -2.20. The number of carbonyl (C=O) groups is 1. The lowest BCUT2D eigenvalue weighted by atomic mass is 9.87. The first-order chi connectivity index (χ1) is 14.2. The van der Waals surface area contributed by atoms with Crippen molar-refractivity contribution in [2.45, 2.75) is 39.0 Å². The maximum atomic E-state index is 14.5. The summed E-state index contributed by atoms with van der Waals surface area (Å²) in [5.41, 5.74) is 9.44. The van der Waals surface area contributed by atoms with Crippen molar-refractivity contribution in [1.82, 2.24) is 4.98 Å². The van der Waals surface area contributed by atoms with Gasteiger partial charge in [0, 0.05) is 11.9 Å². The number of hydrogen-bond donors (Lipinski definition) is 3. The Bertz CT molecular complexity index is 1040. The highest BCUT2D eigenvalue weighted by atomic mass is 19.1. The van der Waals surface area contributed by atoms with Gasteiger partial charge in [0.15, 0.2) is 0 Å². The van der Waals surface area contributed by atoms with Crippen LogP contribution in [0.15, 0.2) is 60.8 Å². The monoisotopic (exact) mass is 406 g/mol. The third kappa shape index (κ3) is 5.80. The van der Waals surface area contributed by atoms with E-state index in [4.69, 9.17) is 5.73 Å². The summed E-state index contributed by atoms with van der Waals surface area (Å²) in [7, 11) is 0. The zero-order valence-electron chi connectivity index (χ0n) is 17.5. The molecule has 0 saturated carbocycles. The number of nitrogens with two attached hydrogens (primary N) is 1. The molecule has 6 heteroatoms. The molecule has 0 fully saturated rings. The number of amides is 2. The van der Waals surface area contributed by atoms with Gasteiger partial charge in [-0.2, -0.15) is 0 Å². The number of pyridine rings is 1. The number of halogens is 1. The van der Waals surface area contributed by atoms with Gasteiger partial charge in [0.05, 0.1) is 5.69 Å². The summed E-state index contributed by atoms with van der Waals surface area (Å²) in [6.07, 6.45) is 3.05. The average Bonchev–Trinajstić information content (AvgIpc) is 2.68. The quantitative estimate of drug-likeness (QED) is 0.521. The molecule has 1 aromatic heterocycles. The summed E-state index contributed by atoms with van der Waals surface area (Å²) in [6, 6.07) is 15.7. The molecule has 5 nitrogen and oxygen atoms in total. The van der Waals surface area contributed by atoms with Crippen molar-refractivity contribution in [2.75, 3.05) is 16.4 Å². The summed E-state index contributed by atoms with van der Waals surface area (Å²) in [4.78, 5) is 16.3. The van der Waals surface area contributed by atoms with Crippen molar-refractivity contribution in [3.63, 3.8) is 0 Å². The minimum absolute atomic E-state index is 0.0297. The molecule has 30 heavy (non-hydrogen) atoms. The van der Waals surface area contributed by atoms with Crippen molar-refractivity contribution in [2.24, 2.45) is 0 Å². The van der Waals surface area contributed by atoms with Gasteiger partial charge < -0.3 is 16.4 Å². The van der Waals surface area contributed by atoms with Crippen molar-refractivity contribution >= 4 is 23.2 Å². The Morgan fingerprint density at radius 2 is 1.73 bits per heavy atom. The van der Waals surface area contributed by atoms with Crippen LogP contribution >= 0.6 is 0 Å². The number of urea groups is 1. The highest BCUT2D eigenvalue weighted by Gasteiger charge is 2.14. The Hall–Kier alpha value is -3.41. The molecule has 2 amide bonds. The van der Waals surface area contributed by atoms with Crippen LogP contribution in [0, 0.1) is 5.82 Å². The molecule has 0 aliphatic carbocycles. The first-order valence-corrected chi connectivity index (χ1v) is 9.88. The van der Waals surface area contributed by atoms with Crippen LogP contribution in [0.5, 0.6) is 0 Å². The van der Waals surface area contributed by atoms with E-state index >= 15 is 0 Å². The van der Waals surface area contributed by atoms with Crippen LogP contribution in [0.1, 0.15) is 37.5 Å². The van der Waals surface area contributed by atoms with Crippen LogP contribution < -0.4 is 16.4 Å². The largest absolute Gasteiger partial charge is 0.384 e. The molecule has 4 N–H and O–H groups in total. The van der Waals surface area contributed by atoms with Crippen molar-refractivity contribution in [3.8, 4) is 0 Å². The Morgan fingerprint density at radius 1 is 1.00 bits per heavy atom. The molecule has 0 spiro atoms. The van der Waals surface area contributed by atoms with E-state index in [9.17, 15) is 9.18 Å². The first kappa shape index (κ1) is 21.3. The van der Waals surface area contributed by atoms with Crippen molar-refractivity contribution in [1.29, 1.82) is 0 Å². The second kappa shape index (κ2) is 8.95.